The number of primary amides is 1. The first-order valence-electron chi connectivity index (χ1n) is 10.2. The number of aromatic amines is 1. The Labute approximate surface area is 165 Å². The lowest BCUT2D eigenvalue weighted by Gasteiger charge is -2.40. The molecule has 2 heterocycles. The molecule has 0 spiro atoms. The van der Waals surface area contributed by atoms with Gasteiger partial charge in [-0.1, -0.05) is 19.3 Å². The third kappa shape index (κ3) is 4.04. The van der Waals surface area contributed by atoms with Crippen molar-refractivity contribution in [2.24, 2.45) is 5.73 Å². The Hall–Kier alpha value is -2.41. The summed E-state index contributed by atoms with van der Waals surface area (Å²) in [6.07, 6.45) is 10.5. The van der Waals surface area contributed by atoms with Crippen molar-refractivity contribution in [3.8, 4) is 0 Å². The van der Waals surface area contributed by atoms with Gasteiger partial charge in [0.25, 0.3) is 5.91 Å². The number of piperazine rings is 1. The molecule has 0 unspecified atom stereocenters. The van der Waals surface area contributed by atoms with E-state index >= 15 is 0 Å². The molecule has 28 heavy (non-hydrogen) atoms. The molecule has 0 bridgehead atoms. The second-order valence-corrected chi connectivity index (χ2v) is 7.90. The fourth-order valence-corrected chi connectivity index (χ4v) is 4.52. The molecule has 7 nitrogen and oxygen atoms in total. The van der Waals surface area contributed by atoms with Gasteiger partial charge >= 0.3 is 0 Å². The number of carbonyl (C=O) groups is 2. The number of amides is 2. The van der Waals surface area contributed by atoms with Gasteiger partial charge in [0.2, 0.25) is 5.91 Å². The summed E-state index contributed by atoms with van der Waals surface area (Å²) in [5, 5.41) is 7.61. The summed E-state index contributed by atoms with van der Waals surface area (Å²) in [6, 6.07) is 4.40. The van der Waals surface area contributed by atoms with Crippen molar-refractivity contribution in [3.05, 3.63) is 35.9 Å². The number of fused-ring (bicyclic) bond motifs is 1. The van der Waals surface area contributed by atoms with Crippen molar-refractivity contribution >= 4 is 22.7 Å². The van der Waals surface area contributed by atoms with Gasteiger partial charge in [-0.15, -0.1) is 0 Å². The van der Waals surface area contributed by atoms with Gasteiger partial charge in [0.05, 0.1) is 23.7 Å². The number of aromatic nitrogens is 2. The number of rotatable bonds is 5. The Balaban J connectivity index is 1.32. The normalized spacial score (nSPS) is 19.2. The lowest BCUT2D eigenvalue weighted by Crippen LogP contribution is -2.52. The number of carbonyl (C=O) groups excluding carboxylic acids is 2. The van der Waals surface area contributed by atoms with E-state index in [1.807, 2.05) is 11.0 Å². The Morgan fingerprint density at radius 1 is 1.14 bits per heavy atom. The fraction of sp³-hybridized carbons (Fsp3) is 0.524. The average Bonchev–Trinajstić information content (AvgIpc) is 3.20. The van der Waals surface area contributed by atoms with Crippen LogP contribution in [0.5, 0.6) is 0 Å². The zero-order valence-electron chi connectivity index (χ0n) is 16.2. The van der Waals surface area contributed by atoms with Crippen molar-refractivity contribution in [3.63, 3.8) is 0 Å². The van der Waals surface area contributed by atoms with Gasteiger partial charge in [0.15, 0.2) is 0 Å². The second kappa shape index (κ2) is 8.31. The summed E-state index contributed by atoms with van der Waals surface area (Å²) in [5.41, 5.74) is 7.41. The Bertz CT molecular complexity index is 848. The maximum Gasteiger partial charge on any atom is 0.250 e. The summed E-state index contributed by atoms with van der Waals surface area (Å²) in [4.78, 5) is 28.8. The fourth-order valence-electron chi connectivity index (χ4n) is 4.52. The van der Waals surface area contributed by atoms with Crippen LogP contribution in [0.1, 0.15) is 48.0 Å². The van der Waals surface area contributed by atoms with E-state index in [2.05, 4.69) is 15.1 Å². The van der Waals surface area contributed by atoms with Gasteiger partial charge in [0.1, 0.15) is 0 Å². The molecule has 149 valence electrons. The first kappa shape index (κ1) is 18.9. The lowest BCUT2D eigenvalue weighted by atomic mass is 9.94. The molecular weight excluding hydrogens is 354 g/mol. The Morgan fingerprint density at radius 2 is 1.89 bits per heavy atom. The van der Waals surface area contributed by atoms with Gasteiger partial charge in [-0.3, -0.25) is 19.6 Å². The minimum absolute atomic E-state index is 0.0659. The molecular formula is C21H28N5O2. The molecule has 2 fully saturated rings. The van der Waals surface area contributed by atoms with E-state index in [9.17, 15) is 9.59 Å². The van der Waals surface area contributed by atoms with Gasteiger partial charge < -0.3 is 10.6 Å². The van der Waals surface area contributed by atoms with Crippen molar-refractivity contribution < 1.29 is 9.59 Å². The van der Waals surface area contributed by atoms with Crippen LogP contribution in [0.3, 0.4) is 0 Å². The van der Waals surface area contributed by atoms with Crippen molar-refractivity contribution in [2.45, 2.75) is 44.6 Å². The highest BCUT2D eigenvalue weighted by Crippen LogP contribution is 2.24. The predicted molar refractivity (Wildman–Crippen MR) is 108 cm³/mol. The molecule has 4 rings (SSSR count). The van der Waals surface area contributed by atoms with E-state index < -0.39 is 5.91 Å². The van der Waals surface area contributed by atoms with Crippen molar-refractivity contribution in [2.75, 3.05) is 26.2 Å². The first-order chi connectivity index (χ1) is 13.6. The molecule has 1 aromatic heterocycles. The quantitative estimate of drug-likeness (QED) is 0.825. The number of H-pyrrole nitrogens is 1. The number of hydrogen-bond donors (Lipinski definition) is 2. The predicted octanol–water partition coefficient (Wildman–Crippen LogP) is 1.89. The molecule has 1 saturated carbocycles. The van der Waals surface area contributed by atoms with Crippen LogP contribution in [-0.2, 0) is 11.2 Å². The van der Waals surface area contributed by atoms with Gasteiger partial charge in [-0.05, 0) is 37.0 Å². The van der Waals surface area contributed by atoms with Crippen molar-refractivity contribution in [1.29, 1.82) is 0 Å². The van der Waals surface area contributed by atoms with E-state index in [0.717, 1.165) is 37.1 Å². The topological polar surface area (TPSA) is 95.3 Å². The summed E-state index contributed by atoms with van der Waals surface area (Å²) >= 11 is 0. The van der Waals surface area contributed by atoms with Crippen LogP contribution in [0.4, 0.5) is 0 Å². The van der Waals surface area contributed by atoms with E-state index in [0.29, 0.717) is 23.5 Å². The molecule has 1 aliphatic heterocycles. The highest BCUT2D eigenvalue weighted by Gasteiger charge is 2.27. The average molecular weight is 382 g/mol. The molecule has 1 saturated heterocycles. The highest BCUT2D eigenvalue weighted by molar-refractivity contribution is 6.05. The summed E-state index contributed by atoms with van der Waals surface area (Å²) in [7, 11) is 0. The monoisotopic (exact) mass is 382 g/mol. The minimum Gasteiger partial charge on any atom is -0.366 e. The zero-order valence-corrected chi connectivity index (χ0v) is 16.2. The zero-order chi connectivity index (χ0) is 19.5. The molecule has 2 aromatic rings. The standard InChI is InChI=1S/C21H28N5O2/c22-21(28)18-13-15(12-16-14-23-24-20(16)18)6-7-19(27)26-10-8-25(9-11-26)17-4-2-1-3-5-17/h7,12-14,17H,1-6,8-11H2,(H2,22,28)(H,23,24). The van der Waals surface area contributed by atoms with E-state index in [-0.39, 0.29) is 5.91 Å². The van der Waals surface area contributed by atoms with E-state index in [4.69, 9.17) is 5.73 Å². The highest BCUT2D eigenvalue weighted by atomic mass is 16.2. The third-order valence-electron chi connectivity index (χ3n) is 6.10. The van der Waals surface area contributed by atoms with Crippen LogP contribution in [0, 0.1) is 6.42 Å². The van der Waals surface area contributed by atoms with Crippen molar-refractivity contribution in [1.82, 2.24) is 20.0 Å². The Kier molecular flexibility index (Phi) is 5.62. The lowest BCUT2D eigenvalue weighted by molar-refractivity contribution is -0.129. The molecule has 7 heteroatoms. The number of nitrogens with zero attached hydrogens (tertiary/aromatic N) is 3. The third-order valence-corrected chi connectivity index (χ3v) is 6.10. The van der Waals surface area contributed by atoms with Crippen LogP contribution in [0.2, 0.25) is 0 Å². The second-order valence-electron chi connectivity index (χ2n) is 7.90. The number of nitrogens with two attached hydrogens (primary N) is 1. The minimum atomic E-state index is -0.499. The summed E-state index contributed by atoms with van der Waals surface area (Å²) in [5.74, 6) is -0.433. The maximum absolute atomic E-state index is 12.6. The summed E-state index contributed by atoms with van der Waals surface area (Å²) < 4.78 is 0. The number of benzene rings is 1. The molecule has 2 amide bonds. The Morgan fingerprint density at radius 3 is 2.61 bits per heavy atom. The van der Waals surface area contributed by atoms with Crippen LogP contribution in [-0.4, -0.2) is 64.0 Å². The molecule has 2 aliphatic rings. The SMILES string of the molecule is NC(=O)c1cc(C[CH]C(=O)N2CCN(C3CCCCC3)CC2)cc2cn[nH]c12. The van der Waals surface area contributed by atoms with Gasteiger partial charge in [-0.2, -0.15) is 5.10 Å². The van der Waals surface area contributed by atoms with E-state index in [1.165, 1.54) is 32.1 Å². The van der Waals surface area contributed by atoms with Crippen LogP contribution in [0.25, 0.3) is 10.9 Å². The molecule has 1 radical (unpaired) electrons. The molecule has 1 aliphatic carbocycles. The van der Waals surface area contributed by atoms with Crippen LogP contribution in [0.15, 0.2) is 18.3 Å². The molecule has 0 atom stereocenters. The smallest absolute Gasteiger partial charge is 0.250 e. The van der Waals surface area contributed by atoms with Gasteiger partial charge in [-0.25, -0.2) is 0 Å². The van der Waals surface area contributed by atoms with Gasteiger partial charge in [0, 0.05) is 37.6 Å². The molecule has 1 aromatic carbocycles. The molecule has 3 N–H and O–H groups in total. The van der Waals surface area contributed by atoms with E-state index in [1.54, 1.807) is 18.7 Å². The van der Waals surface area contributed by atoms with Crippen LogP contribution < -0.4 is 5.73 Å². The maximum atomic E-state index is 12.6. The summed E-state index contributed by atoms with van der Waals surface area (Å²) in [6.45, 7) is 3.52. The first-order valence-corrected chi connectivity index (χ1v) is 10.2. The number of nitrogens with one attached hydrogen (secondary N) is 1. The number of hydrogen-bond acceptors (Lipinski definition) is 4. The van der Waals surface area contributed by atoms with Crippen LogP contribution >= 0.6 is 0 Å². The largest absolute Gasteiger partial charge is 0.366 e.